The van der Waals surface area contributed by atoms with E-state index in [1.54, 1.807) is 37.4 Å². The molecule has 0 spiro atoms. The van der Waals surface area contributed by atoms with Gasteiger partial charge in [-0.15, -0.1) is 0 Å². The molecule has 0 bridgehead atoms. The van der Waals surface area contributed by atoms with Gasteiger partial charge < -0.3 is 10.4 Å². The summed E-state index contributed by atoms with van der Waals surface area (Å²) in [4.78, 5) is 4.09. The number of hydrogen-bond acceptors (Lipinski definition) is 4. The van der Waals surface area contributed by atoms with E-state index >= 15 is 0 Å². The Balaban J connectivity index is 2.18. The summed E-state index contributed by atoms with van der Waals surface area (Å²) in [6, 6.07) is 12.5. The Morgan fingerprint density at radius 1 is 1.35 bits per heavy atom. The maximum Gasteiger partial charge on any atom is 0.143 e. The number of anilines is 1. The van der Waals surface area contributed by atoms with Crippen molar-refractivity contribution < 1.29 is 5.11 Å². The molecule has 2 N–H and O–H groups in total. The second-order valence-electron chi connectivity index (χ2n) is 4.62. The topological polar surface area (TPSA) is 68.9 Å². The van der Waals surface area contributed by atoms with Gasteiger partial charge in [-0.05, 0) is 25.1 Å². The summed E-state index contributed by atoms with van der Waals surface area (Å²) in [5.41, 5.74) is -0.103. The van der Waals surface area contributed by atoms with Crippen LogP contribution in [0.5, 0.6) is 0 Å². The summed E-state index contributed by atoms with van der Waals surface area (Å²) in [5.74, 6) is 0.447. The zero-order valence-electron chi connectivity index (χ0n) is 11.0. The number of halogens is 1. The minimum Gasteiger partial charge on any atom is -0.384 e. The first kappa shape index (κ1) is 14.3. The van der Waals surface area contributed by atoms with E-state index in [9.17, 15) is 5.11 Å². The van der Waals surface area contributed by atoms with Gasteiger partial charge >= 0.3 is 0 Å². The normalized spacial score (nSPS) is 13.3. The van der Waals surface area contributed by atoms with Crippen LogP contribution < -0.4 is 5.32 Å². The fourth-order valence-corrected chi connectivity index (χ4v) is 2.22. The lowest BCUT2D eigenvalue weighted by atomic mass is 9.96. The fourth-order valence-electron chi connectivity index (χ4n) is 1.89. The van der Waals surface area contributed by atoms with Crippen molar-refractivity contribution in [3.63, 3.8) is 0 Å². The Morgan fingerprint density at radius 2 is 2.10 bits per heavy atom. The van der Waals surface area contributed by atoms with Gasteiger partial charge in [0.25, 0.3) is 0 Å². The molecule has 0 saturated heterocycles. The van der Waals surface area contributed by atoms with Gasteiger partial charge in [-0.2, -0.15) is 5.26 Å². The molecular formula is C15H14ClN3O. The Morgan fingerprint density at radius 3 is 2.80 bits per heavy atom. The molecule has 1 heterocycles. The lowest BCUT2D eigenvalue weighted by molar-refractivity contribution is 0.0715. The van der Waals surface area contributed by atoms with E-state index in [0.717, 1.165) is 0 Å². The van der Waals surface area contributed by atoms with Crippen molar-refractivity contribution >= 4 is 17.4 Å². The van der Waals surface area contributed by atoms with Crippen LogP contribution in [0.25, 0.3) is 0 Å². The monoisotopic (exact) mass is 287 g/mol. The van der Waals surface area contributed by atoms with E-state index in [0.29, 0.717) is 22.0 Å². The second kappa shape index (κ2) is 5.91. The molecule has 5 heteroatoms. The van der Waals surface area contributed by atoms with Crippen LogP contribution >= 0.6 is 11.6 Å². The molecule has 0 radical (unpaired) electrons. The molecule has 20 heavy (non-hydrogen) atoms. The van der Waals surface area contributed by atoms with Crippen LogP contribution in [0.15, 0.2) is 42.6 Å². The van der Waals surface area contributed by atoms with Crippen molar-refractivity contribution in [2.24, 2.45) is 0 Å². The van der Waals surface area contributed by atoms with Gasteiger partial charge in [-0.3, -0.25) is 0 Å². The number of aromatic nitrogens is 1. The van der Waals surface area contributed by atoms with Crippen LogP contribution in [-0.2, 0) is 5.60 Å². The van der Waals surface area contributed by atoms with Crippen molar-refractivity contribution in [2.45, 2.75) is 12.5 Å². The molecule has 0 aliphatic heterocycles. The molecule has 1 aromatic carbocycles. The molecule has 0 aliphatic rings. The zero-order valence-corrected chi connectivity index (χ0v) is 11.7. The van der Waals surface area contributed by atoms with E-state index in [1.165, 1.54) is 0 Å². The number of pyridine rings is 1. The van der Waals surface area contributed by atoms with Crippen LogP contribution in [0.2, 0.25) is 5.02 Å². The van der Waals surface area contributed by atoms with Crippen molar-refractivity contribution in [1.82, 2.24) is 4.98 Å². The minimum atomic E-state index is -1.16. The van der Waals surface area contributed by atoms with Gasteiger partial charge in [0.1, 0.15) is 17.5 Å². The molecule has 4 nitrogen and oxygen atoms in total. The van der Waals surface area contributed by atoms with Gasteiger partial charge in [-0.25, -0.2) is 4.98 Å². The molecule has 0 saturated carbocycles. The number of rotatable bonds is 4. The maximum absolute atomic E-state index is 10.5. The first-order valence-corrected chi connectivity index (χ1v) is 6.49. The molecular weight excluding hydrogens is 274 g/mol. The second-order valence-corrected chi connectivity index (χ2v) is 5.03. The number of nitriles is 1. The summed E-state index contributed by atoms with van der Waals surface area (Å²) >= 11 is 6.09. The van der Waals surface area contributed by atoms with Gasteiger partial charge in [-0.1, -0.05) is 29.8 Å². The molecule has 1 unspecified atom stereocenters. The maximum atomic E-state index is 10.5. The van der Waals surface area contributed by atoms with E-state index in [4.69, 9.17) is 16.9 Å². The van der Waals surface area contributed by atoms with Gasteiger partial charge in [0.15, 0.2) is 0 Å². The van der Waals surface area contributed by atoms with Crippen LogP contribution in [0, 0.1) is 11.3 Å². The third-order valence-electron chi connectivity index (χ3n) is 2.98. The predicted molar refractivity (Wildman–Crippen MR) is 78.5 cm³/mol. The number of aliphatic hydroxyl groups is 1. The summed E-state index contributed by atoms with van der Waals surface area (Å²) in [6.07, 6.45) is 1.59. The van der Waals surface area contributed by atoms with Crippen LogP contribution in [0.4, 0.5) is 5.82 Å². The summed E-state index contributed by atoms with van der Waals surface area (Å²) < 4.78 is 0. The standard InChI is InChI=1S/C15H14ClN3O/c1-15(20,12-6-2-3-7-13(12)16)10-19-14-11(9-17)5-4-8-18-14/h2-8,20H,10H2,1H3,(H,18,19). The Kier molecular flexibility index (Phi) is 4.23. The highest BCUT2D eigenvalue weighted by atomic mass is 35.5. The lowest BCUT2D eigenvalue weighted by Gasteiger charge is -2.25. The van der Waals surface area contributed by atoms with E-state index in [2.05, 4.69) is 16.4 Å². The third-order valence-corrected chi connectivity index (χ3v) is 3.31. The molecule has 1 aromatic heterocycles. The Labute approximate surface area is 122 Å². The SMILES string of the molecule is CC(O)(CNc1ncccc1C#N)c1ccccc1Cl. The number of benzene rings is 1. The Bertz CT molecular complexity index is 650. The van der Waals surface area contributed by atoms with Crippen LogP contribution in [0.1, 0.15) is 18.1 Å². The third kappa shape index (κ3) is 3.08. The number of hydrogen-bond donors (Lipinski definition) is 2. The van der Waals surface area contributed by atoms with E-state index < -0.39 is 5.60 Å². The van der Waals surface area contributed by atoms with Crippen molar-refractivity contribution in [3.05, 3.63) is 58.7 Å². The number of nitrogens with one attached hydrogen (secondary N) is 1. The molecule has 102 valence electrons. The quantitative estimate of drug-likeness (QED) is 0.907. The molecule has 0 aliphatic carbocycles. The van der Waals surface area contributed by atoms with Gasteiger partial charge in [0.2, 0.25) is 0 Å². The summed E-state index contributed by atoms with van der Waals surface area (Å²) in [5, 5.41) is 23.0. The van der Waals surface area contributed by atoms with Gasteiger partial charge in [0.05, 0.1) is 5.56 Å². The Hall–Kier alpha value is -2.09. The largest absolute Gasteiger partial charge is 0.384 e. The molecule has 2 aromatic rings. The van der Waals surface area contributed by atoms with E-state index in [-0.39, 0.29) is 6.54 Å². The van der Waals surface area contributed by atoms with Crippen LogP contribution in [-0.4, -0.2) is 16.6 Å². The highest BCUT2D eigenvalue weighted by molar-refractivity contribution is 6.31. The summed E-state index contributed by atoms with van der Waals surface area (Å²) in [6.45, 7) is 1.86. The van der Waals surface area contributed by atoms with Crippen LogP contribution in [0.3, 0.4) is 0 Å². The first-order chi connectivity index (χ1) is 9.54. The molecule has 0 fully saturated rings. The minimum absolute atomic E-state index is 0.197. The lowest BCUT2D eigenvalue weighted by Crippen LogP contribution is -2.31. The summed E-state index contributed by atoms with van der Waals surface area (Å²) in [7, 11) is 0. The fraction of sp³-hybridized carbons (Fsp3) is 0.200. The average molecular weight is 288 g/mol. The average Bonchev–Trinajstić information content (AvgIpc) is 2.46. The number of nitrogens with zero attached hydrogens (tertiary/aromatic N) is 2. The smallest absolute Gasteiger partial charge is 0.143 e. The molecule has 2 rings (SSSR count). The highest BCUT2D eigenvalue weighted by Gasteiger charge is 2.25. The van der Waals surface area contributed by atoms with Crippen molar-refractivity contribution in [2.75, 3.05) is 11.9 Å². The highest BCUT2D eigenvalue weighted by Crippen LogP contribution is 2.28. The molecule has 1 atom stereocenters. The first-order valence-electron chi connectivity index (χ1n) is 6.11. The van der Waals surface area contributed by atoms with Gasteiger partial charge in [0, 0.05) is 23.3 Å². The van der Waals surface area contributed by atoms with Crippen molar-refractivity contribution in [3.8, 4) is 6.07 Å². The van der Waals surface area contributed by atoms with Crippen molar-refractivity contribution in [1.29, 1.82) is 5.26 Å². The predicted octanol–water partition coefficient (Wildman–Crippen LogP) is 2.93. The zero-order chi connectivity index (χ0) is 14.6. The van der Waals surface area contributed by atoms with E-state index in [1.807, 2.05) is 12.1 Å². The molecule has 0 amide bonds.